The third-order valence-electron chi connectivity index (χ3n) is 6.31. The summed E-state index contributed by atoms with van der Waals surface area (Å²) in [6, 6.07) is 38.7. The Morgan fingerprint density at radius 2 is 0.553 bits per heavy atom. The number of halogens is 2. The molecule has 0 amide bonds. The van der Waals surface area contributed by atoms with Crippen LogP contribution in [0.25, 0.3) is 56.4 Å². The summed E-state index contributed by atoms with van der Waals surface area (Å²) in [6.07, 6.45) is 0. The molecule has 38 heavy (non-hydrogen) atoms. The van der Waals surface area contributed by atoms with Crippen LogP contribution >= 0.6 is 0 Å². The van der Waals surface area contributed by atoms with Crippen LogP contribution < -0.4 is 0 Å². The second-order valence-electron chi connectivity index (χ2n) is 8.84. The SMILES string of the molecule is Fc1ccc(-c2nc(-c3ccc(F)cc3)nc(-c3ccc(-c4ccc(-c5ccccc5)cc4)cc3)n2)cc1. The van der Waals surface area contributed by atoms with Crippen molar-refractivity contribution in [2.45, 2.75) is 0 Å². The van der Waals surface area contributed by atoms with E-state index in [2.05, 4.69) is 51.4 Å². The highest BCUT2D eigenvalue weighted by Crippen LogP contribution is 2.29. The minimum Gasteiger partial charge on any atom is -0.208 e. The zero-order valence-electron chi connectivity index (χ0n) is 20.2. The Balaban J connectivity index is 1.35. The van der Waals surface area contributed by atoms with Crippen molar-refractivity contribution in [2.75, 3.05) is 0 Å². The van der Waals surface area contributed by atoms with Gasteiger partial charge in [-0.05, 0) is 70.8 Å². The fourth-order valence-corrected chi connectivity index (χ4v) is 4.26. The third kappa shape index (κ3) is 4.95. The first kappa shape index (κ1) is 23.4. The second-order valence-corrected chi connectivity index (χ2v) is 8.84. The molecule has 3 nitrogen and oxygen atoms in total. The molecule has 0 aliphatic carbocycles. The highest BCUT2D eigenvalue weighted by molar-refractivity contribution is 5.73. The number of aromatic nitrogens is 3. The second kappa shape index (κ2) is 10.1. The van der Waals surface area contributed by atoms with E-state index in [-0.39, 0.29) is 11.6 Å². The third-order valence-corrected chi connectivity index (χ3v) is 6.31. The molecule has 1 heterocycles. The molecule has 1 aromatic heterocycles. The van der Waals surface area contributed by atoms with Crippen molar-refractivity contribution in [3.05, 3.63) is 139 Å². The van der Waals surface area contributed by atoms with Gasteiger partial charge in [-0.2, -0.15) is 0 Å². The first-order chi connectivity index (χ1) is 18.6. The summed E-state index contributed by atoms with van der Waals surface area (Å²) in [6.45, 7) is 0. The van der Waals surface area contributed by atoms with Crippen LogP contribution in [0.1, 0.15) is 0 Å². The molecular formula is C33H21F2N3. The molecule has 0 aliphatic heterocycles. The van der Waals surface area contributed by atoms with Gasteiger partial charge in [0.1, 0.15) is 11.6 Å². The number of hydrogen-bond acceptors (Lipinski definition) is 3. The van der Waals surface area contributed by atoms with E-state index in [4.69, 9.17) is 0 Å². The molecule has 182 valence electrons. The normalized spacial score (nSPS) is 10.9. The highest BCUT2D eigenvalue weighted by atomic mass is 19.1. The Morgan fingerprint density at radius 1 is 0.289 bits per heavy atom. The summed E-state index contributed by atoms with van der Waals surface area (Å²) < 4.78 is 27.1. The summed E-state index contributed by atoms with van der Waals surface area (Å²) in [7, 11) is 0. The van der Waals surface area contributed by atoms with E-state index in [0.717, 1.165) is 22.3 Å². The maximum atomic E-state index is 13.5. The van der Waals surface area contributed by atoms with E-state index in [9.17, 15) is 8.78 Å². The number of hydrogen-bond donors (Lipinski definition) is 0. The molecule has 0 fully saturated rings. The van der Waals surface area contributed by atoms with Crippen LogP contribution in [-0.4, -0.2) is 15.0 Å². The zero-order chi connectivity index (χ0) is 25.9. The van der Waals surface area contributed by atoms with E-state index in [1.807, 2.05) is 42.5 Å². The van der Waals surface area contributed by atoms with Crippen molar-refractivity contribution >= 4 is 0 Å². The summed E-state index contributed by atoms with van der Waals surface area (Å²) in [5, 5.41) is 0. The van der Waals surface area contributed by atoms with Gasteiger partial charge in [0, 0.05) is 16.7 Å². The average Bonchev–Trinajstić information content (AvgIpc) is 2.98. The molecule has 5 heteroatoms. The van der Waals surface area contributed by atoms with Crippen LogP contribution in [0.5, 0.6) is 0 Å². The molecule has 0 atom stereocenters. The van der Waals surface area contributed by atoms with Crippen molar-refractivity contribution in [1.82, 2.24) is 15.0 Å². The molecule has 5 aromatic carbocycles. The van der Waals surface area contributed by atoms with Gasteiger partial charge in [0.2, 0.25) is 0 Å². The lowest BCUT2D eigenvalue weighted by atomic mass is 9.99. The molecule has 0 unspecified atom stereocenters. The predicted molar refractivity (Wildman–Crippen MR) is 147 cm³/mol. The maximum Gasteiger partial charge on any atom is 0.164 e. The molecule has 0 bridgehead atoms. The van der Waals surface area contributed by atoms with Crippen LogP contribution in [0.4, 0.5) is 8.78 Å². The lowest BCUT2D eigenvalue weighted by Crippen LogP contribution is -2.00. The molecule has 0 saturated carbocycles. The predicted octanol–water partition coefficient (Wildman–Crippen LogP) is 8.48. The van der Waals surface area contributed by atoms with Crippen LogP contribution in [0.2, 0.25) is 0 Å². The van der Waals surface area contributed by atoms with Gasteiger partial charge in [-0.1, -0.05) is 78.9 Å². The fraction of sp³-hybridized carbons (Fsp3) is 0. The van der Waals surface area contributed by atoms with Gasteiger partial charge in [-0.25, -0.2) is 23.7 Å². The molecule has 0 saturated heterocycles. The summed E-state index contributed by atoms with van der Waals surface area (Å²) in [5.74, 6) is 0.623. The topological polar surface area (TPSA) is 38.7 Å². The van der Waals surface area contributed by atoms with E-state index in [1.54, 1.807) is 24.3 Å². The first-order valence-electron chi connectivity index (χ1n) is 12.2. The van der Waals surface area contributed by atoms with Crippen LogP contribution in [-0.2, 0) is 0 Å². The molecular weight excluding hydrogens is 476 g/mol. The molecule has 0 aliphatic rings. The fourth-order valence-electron chi connectivity index (χ4n) is 4.26. The molecule has 0 radical (unpaired) electrons. The van der Waals surface area contributed by atoms with Gasteiger partial charge in [0.15, 0.2) is 17.5 Å². The van der Waals surface area contributed by atoms with Crippen molar-refractivity contribution in [3.8, 4) is 56.4 Å². The van der Waals surface area contributed by atoms with Gasteiger partial charge >= 0.3 is 0 Å². The van der Waals surface area contributed by atoms with Gasteiger partial charge in [0.25, 0.3) is 0 Å². The lowest BCUT2D eigenvalue weighted by Gasteiger charge is -2.09. The van der Waals surface area contributed by atoms with Crippen molar-refractivity contribution < 1.29 is 8.78 Å². The van der Waals surface area contributed by atoms with Crippen molar-refractivity contribution in [3.63, 3.8) is 0 Å². The van der Waals surface area contributed by atoms with Crippen LogP contribution in [0.15, 0.2) is 127 Å². The quantitative estimate of drug-likeness (QED) is 0.240. The van der Waals surface area contributed by atoms with Crippen molar-refractivity contribution in [2.24, 2.45) is 0 Å². The Labute approximate surface area is 219 Å². The Morgan fingerprint density at radius 3 is 0.895 bits per heavy atom. The molecule has 6 aromatic rings. The number of benzene rings is 5. The smallest absolute Gasteiger partial charge is 0.164 e. The maximum absolute atomic E-state index is 13.5. The molecule has 0 N–H and O–H groups in total. The zero-order valence-corrected chi connectivity index (χ0v) is 20.2. The van der Waals surface area contributed by atoms with Gasteiger partial charge < -0.3 is 0 Å². The van der Waals surface area contributed by atoms with E-state index < -0.39 is 0 Å². The van der Waals surface area contributed by atoms with E-state index in [0.29, 0.717) is 28.6 Å². The van der Waals surface area contributed by atoms with E-state index in [1.165, 1.54) is 29.8 Å². The first-order valence-corrected chi connectivity index (χ1v) is 12.2. The van der Waals surface area contributed by atoms with Gasteiger partial charge in [0.05, 0.1) is 0 Å². The van der Waals surface area contributed by atoms with Crippen LogP contribution in [0, 0.1) is 11.6 Å². The Bertz CT molecular complexity index is 1620. The number of nitrogens with zero attached hydrogens (tertiary/aromatic N) is 3. The summed E-state index contributed by atoms with van der Waals surface area (Å²) in [5.41, 5.74) is 6.65. The Kier molecular flexibility index (Phi) is 6.24. The van der Waals surface area contributed by atoms with Crippen molar-refractivity contribution in [1.29, 1.82) is 0 Å². The lowest BCUT2D eigenvalue weighted by molar-refractivity contribution is 0.627. The standard InChI is InChI=1S/C33H21F2N3/c34-29-18-14-27(15-19-29)32-36-31(37-33(38-32)28-16-20-30(35)21-17-28)26-12-10-25(11-13-26)24-8-6-23(7-9-24)22-4-2-1-3-5-22/h1-21H. The molecule has 6 rings (SSSR count). The minimum absolute atomic E-state index is 0.339. The largest absolute Gasteiger partial charge is 0.208 e. The number of rotatable bonds is 5. The summed E-state index contributed by atoms with van der Waals surface area (Å²) in [4.78, 5) is 13.9. The van der Waals surface area contributed by atoms with Gasteiger partial charge in [-0.3, -0.25) is 0 Å². The summed E-state index contributed by atoms with van der Waals surface area (Å²) >= 11 is 0. The van der Waals surface area contributed by atoms with Crippen LogP contribution in [0.3, 0.4) is 0 Å². The molecule has 0 spiro atoms. The van der Waals surface area contributed by atoms with E-state index >= 15 is 0 Å². The van der Waals surface area contributed by atoms with Gasteiger partial charge in [-0.15, -0.1) is 0 Å². The highest BCUT2D eigenvalue weighted by Gasteiger charge is 2.13. The monoisotopic (exact) mass is 497 g/mol. The minimum atomic E-state index is -0.339. The Hall–Kier alpha value is -5.03. The average molecular weight is 498 g/mol.